The number of nitrogens with one attached hydrogen (secondary N) is 1. The summed E-state index contributed by atoms with van der Waals surface area (Å²) in [6.45, 7) is 0. The fourth-order valence-electron chi connectivity index (χ4n) is 2.45. The molecule has 2 amide bonds. The molecule has 2 aromatic carbocycles. The number of hydrogen-bond acceptors (Lipinski definition) is 3. The molecule has 0 unspecified atom stereocenters. The third kappa shape index (κ3) is 3.53. The maximum absolute atomic E-state index is 12.5. The van der Waals surface area contributed by atoms with E-state index in [2.05, 4.69) is 5.32 Å². The monoisotopic (exact) mass is 335 g/mol. The van der Waals surface area contributed by atoms with Gasteiger partial charge < -0.3 is 20.4 Å². The van der Waals surface area contributed by atoms with Gasteiger partial charge in [0.2, 0.25) is 5.91 Å². The molecule has 6 heteroatoms. The van der Waals surface area contributed by atoms with E-state index in [1.807, 2.05) is 41.2 Å². The Labute approximate surface area is 144 Å². The molecule has 0 aliphatic heterocycles. The minimum absolute atomic E-state index is 0.291. The second-order valence-corrected chi connectivity index (χ2v) is 5.37. The van der Waals surface area contributed by atoms with E-state index >= 15 is 0 Å². The van der Waals surface area contributed by atoms with Gasteiger partial charge in [0.05, 0.1) is 12.8 Å². The molecule has 0 fully saturated rings. The zero-order valence-electron chi connectivity index (χ0n) is 13.6. The molecule has 126 valence electrons. The largest absolute Gasteiger partial charge is 0.495 e. The first kappa shape index (κ1) is 16.3. The van der Waals surface area contributed by atoms with Gasteiger partial charge in [-0.25, -0.2) is 0 Å². The summed E-state index contributed by atoms with van der Waals surface area (Å²) >= 11 is 0. The third-order valence-corrected chi connectivity index (χ3v) is 3.76. The number of anilines is 1. The van der Waals surface area contributed by atoms with E-state index in [0.29, 0.717) is 22.6 Å². The molecule has 0 saturated heterocycles. The van der Waals surface area contributed by atoms with Crippen molar-refractivity contribution in [2.45, 2.75) is 0 Å². The highest BCUT2D eigenvalue weighted by Crippen LogP contribution is 2.26. The van der Waals surface area contributed by atoms with Gasteiger partial charge in [-0.05, 0) is 54.6 Å². The van der Waals surface area contributed by atoms with E-state index in [1.165, 1.54) is 13.2 Å². The van der Waals surface area contributed by atoms with E-state index in [1.54, 1.807) is 24.3 Å². The smallest absolute Gasteiger partial charge is 0.255 e. The van der Waals surface area contributed by atoms with Gasteiger partial charge in [-0.2, -0.15) is 0 Å². The SMILES string of the molecule is COc1ccc(C(N)=O)cc1NC(=O)c1ccc(-n2cccc2)cc1. The van der Waals surface area contributed by atoms with Crippen molar-refractivity contribution in [1.82, 2.24) is 4.57 Å². The number of hydrogen-bond donors (Lipinski definition) is 2. The summed E-state index contributed by atoms with van der Waals surface area (Å²) in [6, 6.07) is 15.7. The Morgan fingerprint density at radius 1 is 1.00 bits per heavy atom. The fourth-order valence-corrected chi connectivity index (χ4v) is 2.45. The highest BCUT2D eigenvalue weighted by atomic mass is 16.5. The van der Waals surface area contributed by atoms with Crippen LogP contribution in [0.2, 0.25) is 0 Å². The van der Waals surface area contributed by atoms with Crippen LogP contribution in [0, 0.1) is 0 Å². The number of carbonyl (C=O) groups is 2. The van der Waals surface area contributed by atoms with Crippen molar-refractivity contribution in [3.05, 3.63) is 78.1 Å². The van der Waals surface area contributed by atoms with Crippen LogP contribution in [-0.4, -0.2) is 23.5 Å². The summed E-state index contributed by atoms with van der Waals surface area (Å²) in [5.41, 5.74) is 7.40. The first-order chi connectivity index (χ1) is 12.1. The summed E-state index contributed by atoms with van der Waals surface area (Å²) in [5, 5.41) is 2.75. The van der Waals surface area contributed by atoms with Crippen molar-refractivity contribution >= 4 is 17.5 Å². The number of carbonyl (C=O) groups excluding carboxylic acids is 2. The number of nitrogens with two attached hydrogens (primary N) is 1. The van der Waals surface area contributed by atoms with Crippen LogP contribution in [0.1, 0.15) is 20.7 Å². The van der Waals surface area contributed by atoms with Crippen LogP contribution in [0.15, 0.2) is 67.0 Å². The zero-order valence-corrected chi connectivity index (χ0v) is 13.6. The highest BCUT2D eigenvalue weighted by molar-refractivity contribution is 6.06. The number of ether oxygens (including phenoxy) is 1. The molecule has 3 N–H and O–H groups in total. The lowest BCUT2D eigenvalue weighted by Gasteiger charge is -2.11. The molecule has 1 aromatic heterocycles. The molecule has 3 rings (SSSR count). The van der Waals surface area contributed by atoms with Gasteiger partial charge >= 0.3 is 0 Å². The predicted molar refractivity (Wildman–Crippen MR) is 95.2 cm³/mol. The highest BCUT2D eigenvalue weighted by Gasteiger charge is 2.12. The third-order valence-electron chi connectivity index (χ3n) is 3.76. The molecule has 3 aromatic rings. The molecule has 0 radical (unpaired) electrons. The number of primary amides is 1. The van der Waals surface area contributed by atoms with Gasteiger partial charge in [0, 0.05) is 29.2 Å². The maximum atomic E-state index is 12.5. The molecule has 6 nitrogen and oxygen atoms in total. The van der Waals surface area contributed by atoms with Gasteiger partial charge in [0.25, 0.3) is 5.91 Å². The Morgan fingerprint density at radius 2 is 1.64 bits per heavy atom. The minimum Gasteiger partial charge on any atom is -0.495 e. The second kappa shape index (κ2) is 6.92. The van der Waals surface area contributed by atoms with Crippen molar-refractivity contribution in [2.75, 3.05) is 12.4 Å². The summed E-state index contributed by atoms with van der Waals surface area (Å²) in [7, 11) is 1.49. The van der Waals surface area contributed by atoms with Crippen LogP contribution >= 0.6 is 0 Å². The summed E-state index contributed by atoms with van der Waals surface area (Å²) in [5.74, 6) is -0.435. The molecule has 0 bridgehead atoms. The van der Waals surface area contributed by atoms with Crippen LogP contribution in [0.25, 0.3) is 5.69 Å². The van der Waals surface area contributed by atoms with Gasteiger partial charge in [-0.1, -0.05) is 0 Å². The normalized spacial score (nSPS) is 10.3. The Kier molecular flexibility index (Phi) is 4.52. The van der Waals surface area contributed by atoms with E-state index in [-0.39, 0.29) is 5.91 Å². The molecule has 0 aliphatic rings. The van der Waals surface area contributed by atoms with Crippen molar-refractivity contribution in [3.63, 3.8) is 0 Å². The first-order valence-electron chi connectivity index (χ1n) is 7.61. The van der Waals surface area contributed by atoms with Crippen LogP contribution in [0.4, 0.5) is 5.69 Å². The lowest BCUT2D eigenvalue weighted by Crippen LogP contribution is -2.15. The second-order valence-electron chi connectivity index (χ2n) is 5.37. The zero-order chi connectivity index (χ0) is 17.8. The Bertz CT molecular complexity index is 900. The summed E-state index contributed by atoms with van der Waals surface area (Å²) in [4.78, 5) is 23.8. The maximum Gasteiger partial charge on any atom is 0.255 e. The fraction of sp³-hybridized carbons (Fsp3) is 0.0526. The number of rotatable bonds is 5. The number of aromatic nitrogens is 1. The summed E-state index contributed by atoms with van der Waals surface area (Å²) < 4.78 is 7.16. The number of nitrogens with zero attached hydrogens (tertiary/aromatic N) is 1. The standard InChI is InChI=1S/C19H17N3O3/c1-25-17-9-6-14(18(20)23)12-16(17)21-19(24)13-4-7-15(8-5-13)22-10-2-3-11-22/h2-12H,1H3,(H2,20,23)(H,21,24). The number of methoxy groups -OCH3 is 1. The van der Waals surface area contributed by atoms with Gasteiger partial charge in [0.1, 0.15) is 5.75 Å². The molecular weight excluding hydrogens is 318 g/mol. The van der Waals surface area contributed by atoms with E-state index in [4.69, 9.17) is 10.5 Å². The number of amides is 2. The van der Waals surface area contributed by atoms with Crippen molar-refractivity contribution < 1.29 is 14.3 Å². The molecule has 1 heterocycles. The van der Waals surface area contributed by atoms with Crippen LogP contribution in [0.3, 0.4) is 0 Å². The molecule has 0 saturated carbocycles. The van der Waals surface area contributed by atoms with Crippen LogP contribution < -0.4 is 15.8 Å². The van der Waals surface area contributed by atoms with Crippen LogP contribution in [-0.2, 0) is 0 Å². The summed E-state index contributed by atoms with van der Waals surface area (Å²) in [6.07, 6.45) is 3.85. The van der Waals surface area contributed by atoms with E-state index in [9.17, 15) is 9.59 Å². The Balaban J connectivity index is 1.82. The molecular formula is C19H17N3O3. The molecule has 0 aliphatic carbocycles. The minimum atomic E-state index is -0.575. The predicted octanol–water partition coefficient (Wildman–Crippen LogP) is 2.84. The average Bonchev–Trinajstić information content (AvgIpc) is 3.16. The molecule has 25 heavy (non-hydrogen) atoms. The van der Waals surface area contributed by atoms with Crippen molar-refractivity contribution in [1.29, 1.82) is 0 Å². The molecule has 0 atom stereocenters. The lowest BCUT2D eigenvalue weighted by atomic mass is 10.1. The first-order valence-corrected chi connectivity index (χ1v) is 7.61. The Morgan fingerprint density at radius 3 is 2.24 bits per heavy atom. The van der Waals surface area contributed by atoms with E-state index in [0.717, 1.165) is 5.69 Å². The topological polar surface area (TPSA) is 86.3 Å². The lowest BCUT2D eigenvalue weighted by molar-refractivity contribution is 0.0996. The quantitative estimate of drug-likeness (QED) is 0.752. The van der Waals surface area contributed by atoms with Crippen LogP contribution in [0.5, 0.6) is 5.75 Å². The molecule has 0 spiro atoms. The van der Waals surface area contributed by atoms with Crippen molar-refractivity contribution in [3.8, 4) is 11.4 Å². The van der Waals surface area contributed by atoms with Gasteiger partial charge in [0.15, 0.2) is 0 Å². The number of benzene rings is 2. The Hall–Kier alpha value is -3.54. The van der Waals surface area contributed by atoms with Gasteiger partial charge in [-0.15, -0.1) is 0 Å². The average molecular weight is 335 g/mol. The van der Waals surface area contributed by atoms with Crippen molar-refractivity contribution in [2.24, 2.45) is 5.73 Å². The van der Waals surface area contributed by atoms with E-state index < -0.39 is 5.91 Å². The van der Waals surface area contributed by atoms with Gasteiger partial charge in [-0.3, -0.25) is 9.59 Å².